The summed E-state index contributed by atoms with van der Waals surface area (Å²) in [5.74, 6) is 0.924. The Morgan fingerprint density at radius 1 is 1.39 bits per heavy atom. The number of imidazole rings is 1. The highest BCUT2D eigenvalue weighted by atomic mass is 16.1. The number of nitrogens with one attached hydrogen (secondary N) is 2. The van der Waals surface area contributed by atoms with E-state index in [1.807, 2.05) is 38.1 Å². The van der Waals surface area contributed by atoms with Gasteiger partial charge in [-0.2, -0.15) is 0 Å². The molecule has 4 heteroatoms. The van der Waals surface area contributed by atoms with E-state index in [-0.39, 0.29) is 11.8 Å². The van der Waals surface area contributed by atoms with Gasteiger partial charge in [0.2, 0.25) is 5.91 Å². The highest BCUT2D eigenvalue weighted by Crippen LogP contribution is 2.18. The third-order valence-electron chi connectivity index (χ3n) is 2.98. The molecule has 0 spiro atoms. The van der Waals surface area contributed by atoms with Gasteiger partial charge in [0.05, 0.1) is 0 Å². The van der Waals surface area contributed by atoms with Crippen molar-refractivity contribution in [3.8, 4) is 11.4 Å². The van der Waals surface area contributed by atoms with Crippen molar-refractivity contribution in [3.63, 3.8) is 0 Å². The minimum absolute atomic E-state index is 0.0368. The zero-order chi connectivity index (χ0) is 13.0. The summed E-state index contributed by atoms with van der Waals surface area (Å²) in [6.45, 7) is 3.93. The van der Waals surface area contributed by atoms with Crippen molar-refractivity contribution in [1.82, 2.24) is 9.97 Å². The maximum absolute atomic E-state index is 11.7. The zero-order valence-electron chi connectivity index (χ0n) is 10.6. The molecule has 1 aromatic heterocycles. The first kappa shape index (κ1) is 12.4. The van der Waals surface area contributed by atoms with Crippen LogP contribution in [0.25, 0.3) is 11.4 Å². The number of H-pyrrole nitrogens is 1. The van der Waals surface area contributed by atoms with Crippen molar-refractivity contribution >= 4 is 11.6 Å². The summed E-state index contributed by atoms with van der Waals surface area (Å²) < 4.78 is 0. The molecule has 2 rings (SSSR count). The normalized spacial score (nSPS) is 12.1. The van der Waals surface area contributed by atoms with Gasteiger partial charge in [0, 0.05) is 29.6 Å². The fraction of sp³-hybridized carbons (Fsp3) is 0.286. The Hall–Kier alpha value is -2.10. The average molecular weight is 243 g/mol. The third-order valence-corrected chi connectivity index (χ3v) is 2.98. The minimum atomic E-state index is 0.0368. The summed E-state index contributed by atoms with van der Waals surface area (Å²) in [6, 6.07) is 7.65. The Kier molecular flexibility index (Phi) is 3.77. The van der Waals surface area contributed by atoms with Crippen molar-refractivity contribution in [2.24, 2.45) is 5.92 Å². The first-order chi connectivity index (χ1) is 8.70. The topological polar surface area (TPSA) is 57.8 Å². The van der Waals surface area contributed by atoms with Gasteiger partial charge in [-0.1, -0.05) is 13.8 Å². The Morgan fingerprint density at radius 2 is 2.11 bits per heavy atom. The van der Waals surface area contributed by atoms with Gasteiger partial charge in [0.15, 0.2) is 0 Å². The average Bonchev–Trinajstić information content (AvgIpc) is 2.92. The van der Waals surface area contributed by atoms with E-state index in [2.05, 4.69) is 15.3 Å². The van der Waals surface area contributed by atoms with Crippen molar-refractivity contribution in [3.05, 3.63) is 36.7 Å². The summed E-state index contributed by atoms with van der Waals surface area (Å²) >= 11 is 0. The first-order valence-corrected chi connectivity index (χ1v) is 6.11. The second kappa shape index (κ2) is 5.49. The van der Waals surface area contributed by atoms with Gasteiger partial charge in [-0.05, 0) is 30.7 Å². The highest BCUT2D eigenvalue weighted by Gasteiger charge is 2.10. The molecule has 0 saturated carbocycles. The molecule has 0 aliphatic carbocycles. The number of rotatable bonds is 4. The fourth-order valence-corrected chi connectivity index (χ4v) is 1.59. The van der Waals surface area contributed by atoms with Crippen LogP contribution in [0, 0.1) is 5.92 Å². The van der Waals surface area contributed by atoms with E-state index in [1.165, 1.54) is 0 Å². The van der Waals surface area contributed by atoms with E-state index >= 15 is 0 Å². The molecule has 0 fully saturated rings. The Morgan fingerprint density at radius 3 is 2.67 bits per heavy atom. The monoisotopic (exact) mass is 243 g/mol. The van der Waals surface area contributed by atoms with Crippen LogP contribution in [0.1, 0.15) is 20.3 Å². The maximum Gasteiger partial charge on any atom is 0.227 e. The molecule has 94 valence electrons. The quantitative estimate of drug-likeness (QED) is 0.867. The van der Waals surface area contributed by atoms with Crippen LogP contribution >= 0.6 is 0 Å². The smallest absolute Gasteiger partial charge is 0.227 e. The number of benzene rings is 1. The van der Waals surface area contributed by atoms with E-state index < -0.39 is 0 Å². The molecule has 0 radical (unpaired) electrons. The lowest BCUT2D eigenvalue weighted by Gasteiger charge is -2.10. The SMILES string of the molecule is CC[C@H](C)C(=O)Nc1ccc(-c2ncc[nH]2)cc1. The summed E-state index contributed by atoms with van der Waals surface area (Å²) in [5.41, 5.74) is 1.82. The van der Waals surface area contributed by atoms with Gasteiger partial charge in [-0.3, -0.25) is 4.79 Å². The molecule has 1 aromatic carbocycles. The number of nitrogens with zero attached hydrogens (tertiary/aromatic N) is 1. The molecule has 0 aliphatic rings. The minimum Gasteiger partial charge on any atom is -0.345 e. The molecule has 1 amide bonds. The van der Waals surface area contributed by atoms with Crippen LogP contribution in [0.2, 0.25) is 0 Å². The lowest BCUT2D eigenvalue weighted by molar-refractivity contribution is -0.119. The number of hydrogen-bond acceptors (Lipinski definition) is 2. The van der Waals surface area contributed by atoms with Crippen molar-refractivity contribution in [2.45, 2.75) is 20.3 Å². The third kappa shape index (κ3) is 2.77. The standard InChI is InChI=1S/C14H17N3O/c1-3-10(2)14(18)17-12-6-4-11(5-7-12)13-15-8-9-16-13/h4-10H,3H2,1-2H3,(H,15,16)(H,17,18)/t10-/m0/s1. The lowest BCUT2D eigenvalue weighted by Crippen LogP contribution is -2.19. The van der Waals surface area contributed by atoms with Crippen LogP contribution in [0.4, 0.5) is 5.69 Å². The number of amides is 1. The second-order valence-electron chi connectivity index (χ2n) is 4.31. The van der Waals surface area contributed by atoms with E-state index in [0.29, 0.717) is 0 Å². The van der Waals surface area contributed by atoms with Crippen LogP contribution in [0.5, 0.6) is 0 Å². The molecule has 2 N–H and O–H groups in total. The number of carbonyl (C=O) groups is 1. The fourth-order valence-electron chi connectivity index (χ4n) is 1.59. The van der Waals surface area contributed by atoms with Crippen LogP contribution < -0.4 is 5.32 Å². The summed E-state index contributed by atoms with van der Waals surface area (Å²) in [7, 11) is 0. The van der Waals surface area contributed by atoms with Gasteiger partial charge in [-0.25, -0.2) is 4.98 Å². The molecule has 0 bridgehead atoms. The number of aromatic nitrogens is 2. The molecular formula is C14H17N3O. The molecule has 18 heavy (non-hydrogen) atoms. The van der Waals surface area contributed by atoms with Crippen LogP contribution in [0.3, 0.4) is 0 Å². The van der Waals surface area contributed by atoms with E-state index in [9.17, 15) is 4.79 Å². The number of anilines is 1. The van der Waals surface area contributed by atoms with E-state index in [4.69, 9.17) is 0 Å². The van der Waals surface area contributed by atoms with Gasteiger partial charge in [-0.15, -0.1) is 0 Å². The summed E-state index contributed by atoms with van der Waals surface area (Å²) in [4.78, 5) is 18.9. The van der Waals surface area contributed by atoms with Gasteiger partial charge in [0.25, 0.3) is 0 Å². The molecule has 1 heterocycles. The lowest BCUT2D eigenvalue weighted by atomic mass is 10.1. The predicted molar refractivity (Wildman–Crippen MR) is 72.1 cm³/mol. The zero-order valence-corrected chi connectivity index (χ0v) is 10.6. The molecule has 0 saturated heterocycles. The van der Waals surface area contributed by atoms with E-state index in [1.54, 1.807) is 12.4 Å². The van der Waals surface area contributed by atoms with Crippen LogP contribution in [-0.2, 0) is 4.79 Å². The molecule has 0 unspecified atom stereocenters. The van der Waals surface area contributed by atoms with E-state index in [0.717, 1.165) is 23.5 Å². The Balaban J connectivity index is 2.06. The predicted octanol–water partition coefficient (Wildman–Crippen LogP) is 3.06. The van der Waals surface area contributed by atoms with Gasteiger partial charge >= 0.3 is 0 Å². The largest absolute Gasteiger partial charge is 0.345 e. The Bertz CT molecular complexity index is 502. The maximum atomic E-state index is 11.7. The number of aromatic amines is 1. The van der Waals surface area contributed by atoms with Crippen molar-refractivity contribution in [1.29, 1.82) is 0 Å². The summed E-state index contributed by atoms with van der Waals surface area (Å²) in [5, 5.41) is 2.90. The number of carbonyl (C=O) groups excluding carboxylic acids is 1. The van der Waals surface area contributed by atoms with Gasteiger partial charge in [0.1, 0.15) is 5.82 Å². The summed E-state index contributed by atoms with van der Waals surface area (Å²) in [6.07, 6.45) is 4.35. The number of hydrogen-bond donors (Lipinski definition) is 2. The van der Waals surface area contributed by atoms with Crippen molar-refractivity contribution in [2.75, 3.05) is 5.32 Å². The Labute approximate surface area is 106 Å². The van der Waals surface area contributed by atoms with Crippen LogP contribution in [-0.4, -0.2) is 15.9 Å². The first-order valence-electron chi connectivity index (χ1n) is 6.11. The molecule has 0 aliphatic heterocycles. The van der Waals surface area contributed by atoms with Crippen molar-refractivity contribution < 1.29 is 4.79 Å². The molecular weight excluding hydrogens is 226 g/mol. The van der Waals surface area contributed by atoms with Crippen LogP contribution in [0.15, 0.2) is 36.7 Å². The molecule has 2 aromatic rings. The molecule has 4 nitrogen and oxygen atoms in total. The molecule has 1 atom stereocenters. The second-order valence-corrected chi connectivity index (χ2v) is 4.31. The van der Waals surface area contributed by atoms with Gasteiger partial charge < -0.3 is 10.3 Å². The highest BCUT2D eigenvalue weighted by molar-refractivity contribution is 5.92.